The van der Waals surface area contributed by atoms with E-state index in [0.717, 1.165) is 30.1 Å². The van der Waals surface area contributed by atoms with E-state index in [1.165, 1.54) is 0 Å². The van der Waals surface area contributed by atoms with E-state index in [-0.39, 0.29) is 6.01 Å². The molecule has 0 aliphatic carbocycles. The zero-order chi connectivity index (χ0) is 9.97. The summed E-state index contributed by atoms with van der Waals surface area (Å²) in [5.41, 5.74) is 6.28. The van der Waals surface area contributed by atoms with Gasteiger partial charge in [0.1, 0.15) is 11.5 Å². The Labute approximate surface area is 81.7 Å². The highest BCUT2D eigenvalue weighted by atomic mass is 16.4. The molecule has 2 heterocycles. The van der Waals surface area contributed by atoms with Gasteiger partial charge in [0.2, 0.25) is 0 Å². The maximum Gasteiger partial charge on any atom is 0.292 e. The Hall–Kier alpha value is -1.71. The number of hydrogen-bond donors (Lipinski definition) is 1. The van der Waals surface area contributed by atoms with Crippen molar-refractivity contribution in [3.63, 3.8) is 0 Å². The Balaban J connectivity index is 2.01. The second-order valence-corrected chi connectivity index (χ2v) is 3.14. The predicted octanol–water partition coefficient (Wildman–Crippen LogP) is 1.94. The first-order valence-corrected chi connectivity index (χ1v) is 4.50. The van der Waals surface area contributed by atoms with Gasteiger partial charge in [-0.3, -0.25) is 0 Å². The highest BCUT2D eigenvalue weighted by Gasteiger charge is 2.07. The van der Waals surface area contributed by atoms with Crippen molar-refractivity contribution >= 4 is 6.01 Å². The van der Waals surface area contributed by atoms with Crippen LogP contribution in [0.3, 0.4) is 0 Å². The minimum atomic E-state index is 0.233. The molecule has 2 aromatic rings. The van der Waals surface area contributed by atoms with Gasteiger partial charge in [-0.15, -0.1) is 0 Å². The molecule has 0 fully saturated rings. The van der Waals surface area contributed by atoms with E-state index in [4.69, 9.17) is 14.6 Å². The average molecular weight is 192 g/mol. The van der Waals surface area contributed by atoms with Crippen molar-refractivity contribution in [2.75, 3.05) is 5.73 Å². The molecule has 0 amide bonds. The fraction of sp³-hybridized carbons (Fsp3) is 0.300. The molecule has 0 aliphatic rings. The number of anilines is 1. The van der Waals surface area contributed by atoms with Gasteiger partial charge in [0, 0.05) is 12.8 Å². The molecular weight excluding hydrogens is 180 g/mol. The zero-order valence-electron chi connectivity index (χ0n) is 7.99. The van der Waals surface area contributed by atoms with E-state index in [9.17, 15) is 0 Å². The first-order chi connectivity index (χ1) is 6.75. The topological polar surface area (TPSA) is 65.2 Å². The first kappa shape index (κ1) is 8.87. The third kappa shape index (κ3) is 1.79. The highest BCUT2D eigenvalue weighted by Crippen LogP contribution is 2.14. The molecule has 0 aliphatic heterocycles. The Morgan fingerprint density at radius 2 is 2.29 bits per heavy atom. The molecule has 2 N–H and O–H groups in total. The van der Waals surface area contributed by atoms with Crippen molar-refractivity contribution in [3.8, 4) is 0 Å². The lowest BCUT2D eigenvalue weighted by molar-refractivity contribution is 0.479. The standard InChI is InChI=1S/C10H12N2O2/c1-7-9(14-10(11)12-7)5-4-8-3-2-6-13-8/h2-3,6H,4-5H2,1H3,(H2,11,12). The third-order valence-electron chi connectivity index (χ3n) is 2.09. The fourth-order valence-electron chi connectivity index (χ4n) is 1.37. The minimum Gasteiger partial charge on any atom is -0.469 e. The minimum absolute atomic E-state index is 0.233. The van der Waals surface area contributed by atoms with Crippen LogP contribution in [-0.4, -0.2) is 4.98 Å². The molecule has 4 nitrogen and oxygen atoms in total. The van der Waals surface area contributed by atoms with E-state index in [1.54, 1.807) is 6.26 Å². The Bertz CT molecular complexity index is 404. The van der Waals surface area contributed by atoms with E-state index in [1.807, 2.05) is 19.1 Å². The second kappa shape index (κ2) is 3.57. The van der Waals surface area contributed by atoms with Crippen molar-refractivity contribution in [1.82, 2.24) is 4.98 Å². The lowest BCUT2D eigenvalue weighted by atomic mass is 10.2. The zero-order valence-corrected chi connectivity index (χ0v) is 7.99. The monoisotopic (exact) mass is 192 g/mol. The number of nitrogens with two attached hydrogens (primary N) is 1. The van der Waals surface area contributed by atoms with Gasteiger partial charge >= 0.3 is 0 Å². The number of oxazole rings is 1. The van der Waals surface area contributed by atoms with Crippen LogP contribution in [0.4, 0.5) is 6.01 Å². The lowest BCUT2D eigenvalue weighted by Crippen LogP contribution is -1.89. The summed E-state index contributed by atoms with van der Waals surface area (Å²) < 4.78 is 10.4. The smallest absolute Gasteiger partial charge is 0.292 e. The summed E-state index contributed by atoms with van der Waals surface area (Å²) in [6.45, 7) is 1.89. The molecular formula is C10H12N2O2. The van der Waals surface area contributed by atoms with E-state index in [0.29, 0.717) is 0 Å². The molecule has 0 spiro atoms. The summed E-state index contributed by atoms with van der Waals surface area (Å²) in [5, 5.41) is 0. The summed E-state index contributed by atoms with van der Waals surface area (Å²) in [7, 11) is 0. The van der Waals surface area contributed by atoms with E-state index >= 15 is 0 Å². The number of rotatable bonds is 3. The van der Waals surface area contributed by atoms with Gasteiger partial charge < -0.3 is 14.6 Å². The molecule has 4 heteroatoms. The fourth-order valence-corrected chi connectivity index (χ4v) is 1.37. The average Bonchev–Trinajstić information content (AvgIpc) is 2.72. The number of nitrogens with zero attached hydrogens (tertiary/aromatic N) is 1. The maximum atomic E-state index is 5.43. The van der Waals surface area contributed by atoms with Crippen LogP contribution in [-0.2, 0) is 12.8 Å². The van der Waals surface area contributed by atoms with Gasteiger partial charge in [0.25, 0.3) is 6.01 Å². The van der Waals surface area contributed by atoms with Crippen LogP contribution in [0.5, 0.6) is 0 Å². The van der Waals surface area contributed by atoms with Gasteiger partial charge in [-0.2, -0.15) is 4.98 Å². The second-order valence-electron chi connectivity index (χ2n) is 3.14. The normalized spacial score (nSPS) is 10.6. The molecule has 0 atom stereocenters. The number of hydrogen-bond acceptors (Lipinski definition) is 4. The number of aryl methyl sites for hydroxylation is 3. The highest BCUT2D eigenvalue weighted by molar-refractivity contribution is 5.19. The summed E-state index contributed by atoms with van der Waals surface area (Å²) in [5.74, 6) is 1.78. The van der Waals surface area contributed by atoms with Gasteiger partial charge in [0.15, 0.2) is 0 Å². The van der Waals surface area contributed by atoms with Crippen molar-refractivity contribution < 1.29 is 8.83 Å². The molecule has 0 aromatic carbocycles. The number of nitrogen functional groups attached to an aromatic ring is 1. The van der Waals surface area contributed by atoms with Crippen molar-refractivity contribution in [1.29, 1.82) is 0 Å². The van der Waals surface area contributed by atoms with Crippen LogP contribution in [0.25, 0.3) is 0 Å². The van der Waals surface area contributed by atoms with Crippen molar-refractivity contribution in [2.24, 2.45) is 0 Å². The Morgan fingerprint density at radius 1 is 1.43 bits per heavy atom. The van der Waals surface area contributed by atoms with Crippen molar-refractivity contribution in [3.05, 3.63) is 35.6 Å². The van der Waals surface area contributed by atoms with Crippen LogP contribution in [0, 0.1) is 6.92 Å². The van der Waals surface area contributed by atoms with Crippen LogP contribution in [0.2, 0.25) is 0 Å². The summed E-state index contributed by atoms with van der Waals surface area (Å²) >= 11 is 0. The summed E-state index contributed by atoms with van der Waals surface area (Å²) in [6.07, 6.45) is 3.24. The lowest BCUT2D eigenvalue weighted by Gasteiger charge is -1.94. The van der Waals surface area contributed by atoms with E-state index in [2.05, 4.69) is 4.98 Å². The quantitative estimate of drug-likeness (QED) is 0.807. The first-order valence-electron chi connectivity index (χ1n) is 4.50. The van der Waals surface area contributed by atoms with Crippen LogP contribution < -0.4 is 5.73 Å². The van der Waals surface area contributed by atoms with E-state index < -0.39 is 0 Å². The molecule has 14 heavy (non-hydrogen) atoms. The largest absolute Gasteiger partial charge is 0.469 e. The van der Waals surface area contributed by atoms with Gasteiger partial charge in [-0.1, -0.05) is 0 Å². The molecule has 2 rings (SSSR count). The Kier molecular flexibility index (Phi) is 2.26. The molecule has 0 saturated heterocycles. The summed E-state index contributed by atoms with van der Waals surface area (Å²) in [6, 6.07) is 4.04. The van der Waals surface area contributed by atoms with Crippen LogP contribution >= 0.6 is 0 Å². The number of furan rings is 1. The predicted molar refractivity (Wildman–Crippen MR) is 51.8 cm³/mol. The van der Waals surface area contributed by atoms with Gasteiger partial charge in [-0.25, -0.2) is 0 Å². The molecule has 0 radical (unpaired) electrons. The summed E-state index contributed by atoms with van der Waals surface area (Å²) in [4.78, 5) is 3.99. The molecule has 74 valence electrons. The molecule has 2 aromatic heterocycles. The molecule has 0 unspecified atom stereocenters. The molecule has 0 bridgehead atoms. The van der Waals surface area contributed by atoms with Crippen molar-refractivity contribution in [2.45, 2.75) is 19.8 Å². The van der Waals surface area contributed by atoms with Gasteiger partial charge in [0.05, 0.1) is 12.0 Å². The van der Waals surface area contributed by atoms with Gasteiger partial charge in [-0.05, 0) is 19.1 Å². The Morgan fingerprint density at radius 3 is 2.86 bits per heavy atom. The number of aromatic nitrogens is 1. The SMILES string of the molecule is Cc1nc(N)oc1CCc1ccco1. The maximum absolute atomic E-state index is 5.43. The van der Waals surface area contributed by atoms with Crippen LogP contribution in [0.1, 0.15) is 17.2 Å². The molecule has 0 saturated carbocycles. The van der Waals surface area contributed by atoms with Crippen LogP contribution in [0.15, 0.2) is 27.2 Å². The third-order valence-corrected chi connectivity index (χ3v) is 2.09.